The third kappa shape index (κ3) is 1.96. The fourth-order valence-electron chi connectivity index (χ4n) is 0.918. The minimum absolute atomic E-state index is 0.495. The van der Waals surface area contributed by atoms with Crippen molar-refractivity contribution < 1.29 is 8.42 Å². The van der Waals surface area contributed by atoms with E-state index in [1.807, 2.05) is 0 Å². The Balaban J connectivity index is 2.14. The quantitative estimate of drug-likeness (QED) is 0.700. The molecule has 2 heterocycles. The summed E-state index contributed by atoms with van der Waals surface area (Å²) in [6, 6.07) is 3.34. The largest absolute Gasteiger partial charge is 0.301 e. The van der Waals surface area contributed by atoms with Gasteiger partial charge in [0.2, 0.25) is 0 Å². The predicted molar refractivity (Wildman–Crippen MR) is 48.4 cm³/mol. The molecule has 0 amide bonds. The van der Waals surface area contributed by atoms with Crippen molar-refractivity contribution in [2.75, 3.05) is 17.8 Å². The van der Waals surface area contributed by atoms with E-state index in [1.54, 1.807) is 18.3 Å². The van der Waals surface area contributed by atoms with E-state index in [0.29, 0.717) is 18.8 Å². The van der Waals surface area contributed by atoms with E-state index in [4.69, 9.17) is 0 Å². The third-order valence-corrected chi connectivity index (χ3v) is 3.19. The van der Waals surface area contributed by atoms with Crippen molar-refractivity contribution in [1.29, 1.82) is 0 Å². The molecule has 1 aromatic heterocycles. The van der Waals surface area contributed by atoms with Gasteiger partial charge in [-0.15, -0.1) is 0 Å². The van der Waals surface area contributed by atoms with Crippen LogP contribution in [0.2, 0.25) is 0 Å². The van der Waals surface area contributed by atoms with E-state index in [9.17, 15) is 8.42 Å². The molecule has 0 radical (unpaired) electrons. The molecule has 1 saturated heterocycles. The van der Waals surface area contributed by atoms with Crippen LogP contribution in [0.3, 0.4) is 0 Å². The standard InChI is InChI=1S/C7H9N3O2S/c11-13(12,10-4-5-10)9-7-2-1-3-8-6-7/h1-3,6,9H,4-5H2. The lowest BCUT2D eigenvalue weighted by Crippen LogP contribution is -2.20. The smallest absolute Gasteiger partial charge is 0.269 e. The van der Waals surface area contributed by atoms with Crippen LogP contribution in [-0.4, -0.2) is 30.8 Å². The summed E-state index contributed by atoms with van der Waals surface area (Å²) in [7, 11) is -3.30. The lowest BCUT2D eigenvalue weighted by molar-refractivity contribution is 0.569. The Bertz CT molecular complexity index is 385. The van der Waals surface area contributed by atoms with E-state index in [-0.39, 0.29) is 0 Å². The topological polar surface area (TPSA) is 62.1 Å². The molecule has 0 aliphatic carbocycles. The summed E-state index contributed by atoms with van der Waals surface area (Å²) in [5.41, 5.74) is 0.495. The first-order valence-corrected chi connectivity index (χ1v) is 5.30. The molecule has 1 N–H and O–H groups in total. The van der Waals surface area contributed by atoms with Gasteiger partial charge in [-0.25, -0.2) is 0 Å². The second kappa shape index (κ2) is 2.97. The summed E-state index contributed by atoms with van der Waals surface area (Å²) in [6.45, 7) is 1.21. The Labute approximate surface area is 76.6 Å². The minimum Gasteiger partial charge on any atom is -0.269 e. The zero-order valence-electron chi connectivity index (χ0n) is 6.84. The lowest BCUT2D eigenvalue weighted by Gasteiger charge is -2.06. The van der Waals surface area contributed by atoms with Crippen LogP contribution < -0.4 is 4.72 Å². The minimum atomic E-state index is -3.30. The first kappa shape index (κ1) is 8.46. The molecule has 2 rings (SSSR count). The summed E-state index contributed by atoms with van der Waals surface area (Å²) >= 11 is 0. The first-order valence-electron chi connectivity index (χ1n) is 3.86. The number of anilines is 1. The van der Waals surface area contributed by atoms with E-state index in [0.717, 1.165) is 0 Å². The summed E-state index contributed by atoms with van der Waals surface area (Å²) < 4.78 is 26.5. The Kier molecular flexibility index (Phi) is 1.93. The molecule has 1 fully saturated rings. The third-order valence-electron chi connectivity index (χ3n) is 1.65. The molecule has 0 bridgehead atoms. The van der Waals surface area contributed by atoms with Gasteiger partial charge >= 0.3 is 10.2 Å². The number of rotatable bonds is 3. The SMILES string of the molecule is O=S(=O)(Nc1cccnc1)N1CC1. The van der Waals surface area contributed by atoms with Crippen LogP contribution in [0.1, 0.15) is 0 Å². The van der Waals surface area contributed by atoms with Crippen molar-refractivity contribution >= 4 is 15.9 Å². The molecule has 1 aliphatic rings. The highest BCUT2D eigenvalue weighted by Gasteiger charge is 2.31. The molecule has 1 aliphatic heterocycles. The van der Waals surface area contributed by atoms with Gasteiger partial charge < -0.3 is 0 Å². The molecule has 70 valence electrons. The average Bonchev–Trinajstić information content (AvgIpc) is 2.87. The van der Waals surface area contributed by atoms with Crippen molar-refractivity contribution in [3.63, 3.8) is 0 Å². The Morgan fingerprint density at radius 3 is 2.77 bits per heavy atom. The van der Waals surface area contributed by atoms with Gasteiger partial charge in [0.25, 0.3) is 0 Å². The van der Waals surface area contributed by atoms with Crippen LogP contribution in [0, 0.1) is 0 Å². The van der Waals surface area contributed by atoms with E-state index < -0.39 is 10.2 Å². The number of hydrogen-bond acceptors (Lipinski definition) is 3. The molecule has 13 heavy (non-hydrogen) atoms. The van der Waals surface area contributed by atoms with Gasteiger partial charge in [-0.05, 0) is 12.1 Å². The van der Waals surface area contributed by atoms with E-state index >= 15 is 0 Å². The van der Waals surface area contributed by atoms with Crippen LogP contribution in [-0.2, 0) is 10.2 Å². The van der Waals surface area contributed by atoms with Gasteiger partial charge in [-0.1, -0.05) is 0 Å². The summed E-state index contributed by atoms with van der Waals surface area (Å²) in [4.78, 5) is 3.80. The summed E-state index contributed by atoms with van der Waals surface area (Å²) in [5, 5.41) is 0. The van der Waals surface area contributed by atoms with Crippen molar-refractivity contribution in [3.05, 3.63) is 24.5 Å². The van der Waals surface area contributed by atoms with Crippen molar-refractivity contribution in [1.82, 2.24) is 9.29 Å². The highest BCUT2D eigenvalue weighted by atomic mass is 32.2. The zero-order chi connectivity index (χ0) is 9.31. The van der Waals surface area contributed by atoms with Gasteiger partial charge in [0.15, 0.2) is 0 Å². The Morgan fingerprint density at radius 1 is 1.46 bits per heavy atom. The molecule has 0 aromatic carbocycles. The molecule has 0 atom stereocenters. The van der Waals surface area contributed by atoms with Gasteiger partial charge in [-0.2, -0.15) is 12.7 Å². The van der Waals surface area contributed by atoms with Gasteiger partial charge in [0.1, 0.15) is 0 Å². The molecule has 0 spiro atoms. The zero-order valence-corrected chi connectivity index (χ0v) is 7.66. The molecule has 1 aromatic rings. The Morgan fingerprint density at radius 2 is 2.23 bits per heavy atom. The van der Waals surface area contributed by atoms with Crippen molar-refractivity contribution in [2.45, 2.75) is 0 Å². The number of nitrogens with zero attached hydrogens (tertiary/aromatic N) is 2. The van der Waals surface area contributed by atoms with Crippen LogP contribution in [0.25, 0.3) is 0 Å². The highest BCUT2D eigenvalue weighted by Crippen LogP contribution is 2.15. The van der Waals surface area contributed by atoms with Gasteiger partial charge in [0, 0.05) is 19.3 Å². The molecule has 0 unspecified atom stereocenters. The van der Waals surface area contributed by atoms with E-state index in [2.05, 4.69) is 9.71 Å². The van der Waals surface area contributed by atoms with E-state index in [1.165, 1.54) is 10.5 Å². The fraction of sp³-hybridized carbons (Fsp3) is 0.286. The molecular formula is C7H9N3O2S. The maximum Gasteiger partial charge on any atom is 0.301 e. The van der Waals surface area contributed by atoms with Crippen LogP contribution in [0.15, 0.2) is 24.5 Å². The summed E-state index contributed by atoms with van der Waals surface area (Å²) in [6.07, 6.45) is 3.07. The van der Waals surface area contributed by atoms with Gasteiger partial charge in [-0.3, -0.25) is 9.71 Å². The number of hydrogen-bond donors (Lipinski definition) is 1. The predicted octanol–water partition coefficient (Wildman–Crippen LogP) is 0.0539. The monoisotopic (exact) mass is 199 g/mol. The fourth-order valence-corrected chi connectivity index (χ4v) is 2.03. The van der Waals surface area contributed by atoms with Crippen LogP contribution in [0.4, 0.5) is 5.69 Å². The number of aromatic nitrogens is 1. The van der Waals surface area contributed by atoms with Crippen molar-refractivity contribution in [2.24, 2.45) is 0 Å². The maximum atomic E-state index is 11.3. The van der Waals surface area contributed by atoms with Crippen LogP contribution >= 0.6 is 0 Å². The second-order valence-corrected chi connectivity index (χ2v) is 4.42. The Hall–Kier alpha value is -1.14. The average molecular weight is 199 g/mol. The number of nitrogens with one attached hydrogen (secondary N) is 1. The first-order chi connectivity index (χ1) is 6.18. The highest BCUT2D eigenvalue weighted by molar-refractivity contribution is 7.90. The van der Waals surface area contributed by atoms with Crippen molar-refractivity contribution in [3.8, 4) is 0 Å². The second-order valence-electron chi connectivity index (χ2n) is 2.75. The molecule has 5 nitrogen and oxygen atoms in total. The van der Waals surface area contributed by atoms with Gasteiger partial charge in [0.05, 0.1) is 11.9 Å². The molecular weight excluding hydrogens is 190 g/mol. The normalized spacial score (nSPS) is 16.9. The molecule has 6 heteroatoms. The number of pyridine rings is 1. The summed E-state index contributed by atoms with van der Waals surface area (Å²) in [5.74, 6) is 0. The maximum absolute atomic E-state index is 11.3. The lowest BCUT2D eigenvalue weighted by atomic mass is 10.4. The van der Waals surface area contributed by atoms with Crippen LogP contribution in [0.5, 0.6) is 0 Å². The molecule has 0 saturated carbocycles.